The Hall–Kier alpha value is -1.89. The Balaban J connectivity index is 2.09. The molecule has 0 bridgehead atoms. The minimum Gasteiger partial charge on any atom is -0.353 e. The molecule has 0 amide bonds. The van der Waals surface area contributed by atoms with E-state index in [0.29, 0.717) is 29.5 Å². The number of nitrogens with two attached hydrogens (primary N) is 1. The molecule has 0 aromatic carbocycles. The van der Waals surface area contributed by atoms with Gasteiger partial charge in [-0.25, -0.2) is 5.84 Å². The molecule has 3 unspecified atom stereocenters. The Kier molecular flexibility index (Phi) is 3.21. The summed E-state index contributed by atoms with van der Waals surface area (Å²) in [6.07, 6.45) is 3.03. The molecule has 0 radical (unpaired) electrons. The number of hydrazine groups is 1. The van der Waals surface area contributed by atoms with Gasteiger partial charge in [-0.3, -0.25) is 10.5 Å². The molecule has 1 aliphatic heterocycles. The van der Waals surface area contributed by atoms with Gasteiger partial charge in [0.05, 0.1) is 11.6 Å². The van der Waals surface area contributed by atoms with Gasteiger partial charge in [0, 0.05) is 12.6 Å². The van der Waals surface area contributed by atoms with Gasteiger partial charge in [-0.15, -0.1) is 0 Å². The number of fused-ring (bicyclic) bond motifs is 1. The van der Waals surface area contributed by atoms with Crippen LogP contribution in [0.4, 0.5) is 11.8 Å². The first kappa shape index (κ1) is 13.1. The lowest BCUT2D eigenvalue weighted by Gasteiger charge is -2.42. The fourth-order valence-electron chi connectivity index (χ4n) is 3.10. The molecular formula is C13H21N7. The zero-order valence-electron chi connectivity index (χ0n) is 12.1. The average molecular weight is 275 g/mol. The Morgan fingerprint density at radius 2 is 2.15 bits per heavy atom. The van der Waals surface area contributed by atoms with Crippen LogP contribution in [0.3, 0.4) is 0 Å². The minimum absolute atomic E-state index is 0.412. The second-order valence-electron chi connectivity index (χ2n) is 5.86. The highest BCUT2D eigenvalue weighted by Crippen LogP contribution is 2.33. The van der Waals surface area contributed by atoms with Crippen LogP contribution in [0.2, 0.25) is 0 Å². The fourth-order valence-corrected chi connectivity index (χ4v) is 3.10. The van der Waals surface area contributed by atoms with Gasteiger partial charge >= 0.3 is 0 Å². The summed E-state index contributed by atoms with van der Waals surface area (Å²) in [5.74, 6) is 8.06. The van der Waals surface area contributed by atoms with Crippen LogP contribution in [-0.4, -0.2) is 32.8 Å². The number of piperidine rings is 1. The second kappa shape index (κ2) is 4.90. The van der Waals surface area contributed by atoms with Gasteiger partial charge in [0.2, 0.25) is 5.95 Å². The van der Waals surface area contributed by atoms with Crippen LogP contribution >= 0.6 is 0 Å². The number of H-pyrrole nitrogens is 1. The van der Waals surface area contributed by atoms with Crippen LogP contribution in [0.1, 0.15) is 27.2 Å². The van der Waals surface area contributed by atoms with Gasteiger partial charge in [0.15, 0.2) is 5.65 Å². The number of aromatic nitrogens is 4. The molecule has 7 nitrogen and oxygen atoms in total. The highest BCUT2D eigenvalue weighted by Gasteiger charge is 2.31. The number of nitrogen functional groups attached to an aromatic ring is 1. The molecule has 7 heteroatoms. The lowest BCUT2D eigenvalue weighted by molar-refractivity contribution is 0.296. The lowest BCUT2D eigenvalue weighted by Crippen LogP contribution is -2.46. The van der Waals surface area contributed by atoms with Crippen molar-refractivity contribution in [3.8, 4) is 0 Å². The maximum Gasteiger partial charge on any atom is 0.241 e. The SMILES string of the molecule is CC1CC(C)C(C)N(c2nc(NN)nc3[nH]ncc23)C1. The van der Waals surface area contributed by atoms with E-state index in [9.17, 15) is 0 Å². The summed E-state index contributed by atoms with van der Waals surface area (Å²) in [6, 6.07) is 0.435. The third kappa shape index (κ3) is 2.07. The smallest absolute Gasteiger partial charge is 0.241 e. The maximum absolute atomic E-state index is 5.47. The van der Waals surface area contributed by atoms with Gasteiger partial charge in [0.25, 0.3) is 0 Å². The summed E-state index contributed by atoms with van der Waals surface area (Å²) < 4.78 is 0. The van der Waals surface area contributed by atoms with E-state index in [0.717, 1.165) is 17.7 Å². The van der Waals surface area contributed by atoms with E-state index in [1.807, 2.05) is 0 Å². The van der Waals surface area contributed by atoms with Crippen LogP contribution < -0.4 is 16.2 Å². The number of hydrogen-bond donors (Lipinski definition) is 3. The number of rotatable bonds is 2. The number of nitrogens with zero attached hydrogens (tertiary/aromatic N) is 4. The topological polar surface area (TPSA) is 95.8 Å². The zero-order chi connectivity index (χ0) is 14.3. The minimum atomic E-state index is 0.412. The van der Waals surface area contributed by atoms with Crippen molar-refractivity contribution in [2.24, 2.45) is 17.7 Å². The molecule has 3 atom stereocenters. The number of anilines is 2. The van der Waals surface area contributed by atoms with E-state index < -0.39 is 0 Å². The van der Waals surface area contributed by atoms with Crippen molar-refractivity contribution in [2.45, 2.75) is 33.2 Å². The lowest BCUT2D eigenvalue weighted by atomic mass is 9.86. The van der Waals surface area contributed by atoms with Crippen molar-refractivity contribution in [1.82, 2.24) is 20.2 Å². The third-order valence-corrected chi connectivity index (χ3v) is 4.29. The maximum atomic E-state index is 5.47. The molecule has 20 heavy (non-hydrogen) atoms. The van der Waals surface area contributed by atoms with E-state index in [-0.39, 0.29) is 0 Å². The first-order chi connectivity index (χ1) is 9.60. The molecule has 1 aliphatic rings. The number of aromatic amines is 1. The van der Waals surface area contributed by atoms with Crippen LogP contribution in [0, 0.1) is 11.8 Å². The molecule has 2 aromatic heterocycles. The van der Waals surface area contributed by atoms with Gasteiger partial charge in [-0.2, -0.15) is 15.1 Å². The summed E-state index contributed by atoms with van der Waals surface area (Å²) in [4.78, 5) is 11.2. The molecule has 0 aliphatic carbocycles. The van der Waals surface area contributed by atoms with Crippen LogP contribution in [0.25, 0.3) is 11.0 Å². The van der Waals surface area contributed by atoms with Gasteiger partial charge in [-0.1, -0.05) is 13.8 Å². The van der Waals surface area contributed by atoms with Crippen molar-refractivity contribution in [3.63, 3.8) is 0 Å². The molecule has 0 saturated carbocycles. The summed E-state index contributed by atoms with van der Waals surface area (Å²) >= 11 is 0. The predicted octanol–water partition coefficient (Wildman–Crippen LogP) is 1.51. The molecule has 108 valence electrons. The van der Waals surface area contributed by atoms with Crippen molar-refractivity contribution >= 4 is 22.8 Å². The predicted molar refractivity (Wildman–Crippen MR) is 79.2 cm³/mol. The van der Waals surface area contributed by atoms with Crippen LogP contribution in [0.15, 0.2) is 6.20 Å². The molecule has 2 aromatic rings. The highest BCUT2D eigenvalue weighted by atomic mass is 15.3. The van der Waals surface area contributed by atoms with E-state index in [4.69, 9.17) is 5.84 Å². The molecule has 3 heterocycles. The Morgan fingerprint density at radius 1 is 1.35 bits per heavy atom. The molecule has 3 rings (SSSR count). The quantitative estimate of drug-likeness (QED) is 0.568. The first-order valence-corrected chi connectivity index (χ1v) is 7.04. The van der Waals surface area contributed by atoms with Crippen molar-refractivity contribution in [1.29, 1.82) is 0 Å². The largest absolute Gasteiger partial charge is 0.353 e. The summed E-state index contributed by atoms with van der Waals surface area (Å²) in [6.45, 7) is 7.82. The first-order valence-electron chi connectivity index (χ1n) is 7.04. The summed E-state index contributed by atoms with van der Waals surface area (Å²) in [5.41, 5.74) is 3.24. The van der Waals surface area contributed by atoms with Crippen LogP contribution in [-0.2, 0) is 0 Å². The molecular weight excluding hydrogens is 254 g/mol. The van der Waals surface area contributed by atoms with Gasteiger partial charge in [0.1, 0.15) is 5.82 Å². The summed E-state index contributed by atoms with van der Waals surface area (Å²) in [5, 5.41) is 7.90. The highest BCUT2D eigenvalue weighted by molar-refractivity contribution is 5.87. The van der Waals surface area contributed by atoms with Gasteiger partial charge < -0.3 is 4.90 Å². The summed E-state index contributed by atoms with van der Waals surface area (Å²) in [7, 11) is 0. The monoisotopic (exact) mass is 275 g/mol. The van der Waals surface area contributed by atoms with Crippen molar-refractivity contribution in [2.75, 3.05) is 16.9 Å². The van der Waals surface area contributed by atoms with Crippen LogP contribution in [0.5, 0.6) is 0 Å². The zero-order valence-corrected chi connectivity index (χ0v) is 12.1. The third-order valence-electron chi connectivity index (χ3n) is 4.29. The standard InChI is InChI=1S/C13H21N7/c1-7-4-8(2)9(3)20(6-7)12-10-5-15-19-11(10)16-13(17-12)18-14/h5,7-9H,4,6,14H2,1-3H3,(H2,15,16,17,18,19). The Labute approximate surface area is 117 Å². The van der Waals surface area contributed by atoms with Crippen molar-refractivity contribution < 1.29 is 0 Å². The average Bonchev–Trinajstić information content (AvgIpc) is 2.90. The number of nitrogens with one attached hydrogen (secondary N) is 2. The normalized spacial score (nSPS) is 27.0. The molecule has 1 saturated heterocycles. The van der Waals surface area contributed by atoms with Gasteiger partial charge in [-0.05, 0) is 25.2 Å². The molecule has 1 fully saturated rings. The van der Waals surface area contributed by atoms with E-state index in [1.165, 1.54) is 6.42 Å². The fraction of sp³-hybridized carbons (Fsp3) is 0.615. The Morgan fingerprint density at radius 3 is 2.90 bits per heavy atom. The van der Waals surface area contributed by atoms with E-state index in [2.05, 4.69) is 51.3 Å². The van der Waals surface area contributed by atoms with Crippen molar-refractivity contribution in [3.05, 3.63) is 6.20 Å². The Bertz CT molecular complexity index is 608. The molecule has 0 spiro atoms. The van der Waals surface area contributed by atoms with E-state index in [1.54, 1.807) is 6.20 Å². The molecule has 4 N–H and O–H groups in total. The van der Waals surface area contributed by atoms with E-state index >= 15 is 0 Å². The second-order valence-corrected chi connectivity index (χ2v) is 5.86. The number of hydrogen-bond acceptors (Lipinski definition) is 6.